The fraction of sp³-hybridized carbons (Fsp3) is 0.632. The maximum absolute atomic E-state index is 9.75. The van der Waals surface area contributed by atoms with Gasteiger partial charge in [-0.05, 0) is 62.1 Å². The Labute approximate surface area is 287 Å². The quantitative estimate of drug-likeness (QED) is 0.0787. The lowest BCUT2D eigenvalue weighted by Crippen LogP contribution is -2.16. The zero-order valence-corrected chi connectivity index (χ0v) is 29.3. The van der Waals surface area contributed by atoms with Crippen LogP contribution in [0.15, 0.2) is 46.7 Å². The normalized spacial score (nSPS) is 15.5. The number of fused-ring (bicyclic) bond motifs is 2. The molecule has 10 heteroatoms. The molecule has 0 fully saturated rings. The average molecular weight is 671 g/mol. The van der Waals surface area contributed by atoms with Gasteiger partial charge in [-0.2, -0.15) is 0 Å². The van der Waals surface area contributed by atoms with Crippen molar-refractivity contribution >= 4 is 11.4 Å². The minimum atomic E-state index is 0.304. The Morgan fingerprint density at radius 3 is 1.21 bits per heavy atom. The molecular weight excluding hydrogens is 612 g/mol. The molecule has 1 aliphatic heterocycles. The van der Waals surface area contributed by atoms with Gasteiger partial charge in [0.1, 0.15) is 26.4 Å². The Kier molecular flexibility index (Phi) is 20.0. The summed E-state index contributed by atoms with van der Waals surface area (Å²) >= 11 is 0. The monoisotopic (exact) mass is 670 g/mol. The van der Waals surface area contributed by atoms with E-state index in [1.165, 1.54) is 51.4 Å². The summed E-state index contributed by atoms with van der Waals surface area (Å²) in [5.74, 6) is 2.30. The first-order valence-corrected chi connectivity index (χ1v) is 18.1. The largest absolute Gasteiger partial charge is 0.487 e. The van der Waals surface area contributed by atoms with Crippen molar-refractivity contribution in [3.63, 3.8) is 0 Å². The summed E-state index contributed by atoms with van der Waals surface area (Å²) in [6.45, 7) is 7.11. The summed E-state index contributed by atoms with van der Waals surface area (Å²) in [4.78, 5) is 0. The summed E-state index contributed by atoms with van der Waals surface area (Å²) in [5, 5.41) is 26.7. The van der Waals surface area contributed by atoms with Gasteiger partial charge in [-0.1, -0.05) is 88.4 Å². The molecule has 3 rings (SSSR count). The van der Waals surface area contributed by atoms with E-state index in [1.807, 2.05) is 36.4 Å². The highest BCUT2D eigenvalue weighted by Crippen LogP contribution is 2.31. The fourth-order valence-corrected chi connectivity index (χ4v) is 5.54. The number of benzene rings is 2. The highest BCUT2D eigenvalue weighted by Gasteiger charge is 2.14. The van der Waals surface area contributed by atoms with Gasteiger partial charge in [-0.3, -0.25) is 0 Å². The lowest BCUT2D eigenvalue weighted by atomic mass is 10.0. The van der Waals surface area contributed by atoms with E-state index in [1.54, 1.807) is 0 Å². The molecule has 2 aromatic carbocycles. The third-order valence-electron chi connectivity index (χ3n) is 8.27. The van der Waals surface area contributed by atoms with Crippen LogP contribution < -0.4 is 18.9 Å². The molecule has 0 spiro atoms. The number of hydrogen-bond acceptors (Lipinski definition) is 10. The first-order valence-electron chi connectivity index (χ1n) is 18.1. The molecule has 0 amide bonds. The van der Waals surface area contributed by atoms with Crippen LogP contribution in [0, 0.1) is 0 Å². The Morgan fingerprint density at radius 2 is 0.833 bits per heavy atom. The van der Waals surface area contributed by atoms with Crippen LogP contribution in [0.2, 0.25) is 0 Å². The van der Waals surface area contributed by atoms with Crippen LogP contribution in [0.3, 0.4) is 0 Å². The van der Waals surface area contributed by atoms with Crippen LogP contribution in [0.5, 0.6) is 23.0 Å². The van der Waals surface area contributed by atoms with Gasteiger partial charge in [-0.25, -0.2) is 0 Å². The molecule has 48 heavy (non-hydrogen) atoms. The highest BCUT2D eigenvalue weighted by molar-refractivity contribution is 6.01. The van der Waals surface area contributed by atoms with Crippen molar-refractivity contribution in [1.82, 2.24) is 0 Å². The number of ether oxygens (including phenoxy) is 6. The molecule has 0 aromatic heterocycles. The van der Waals surface area contributed by atoms with Gasteiger partial charge in [0.15, 0.2) is 23.0 Å². The topological polar surface area (TPSA) is 121 Å². The molecule has 0 saturated heterocycles. The summed E-state index contributed by atoms with van der Waals surface area (Å²) in [5.41, 5.74) is 2.88. The van der Waals surface area contributed by atoms with Crippen molar-refractivity contribution in [2.45, 2.75) is 104 Å². The van der Waals surface area contributed by atoms with Gasteiger partial charge in [0.2, 0.25) is 0 Å². The Morgan fingerprint density at radius 1 is 0.479 bits per heavy atom. The lowest BCUT2D eigenvalue weighted by Gasteiger charge is -2.17. The number of nitrogens with zero attached hydrogens (tertiary/aromatic N) is 2. The van der Waals surface area contributed by atoms with E-state index in [0.717, 1.165) is 36.8 Å². The van der Waals surface area contributed by atoms with Crippen molar-refractivity contribution in [1.29, 1.82) is 0 Å². The van der Waals surface area contributed by atoms with E-state index < -0.39 is 0 Å². The fourth-order valence-electron chi connectivity index (χ4n) is 5.54. The molecule has 2 aromatic rings. The molecule has 0 unspecified atom stereocenters. The lowest BCUT2D eigenvalue weighted by molar-refractivity contribution is 0.0640. The smallest absolute Gasteiger partial charge is 0.161 e. The Balaban J connectivity index is 1.58. The van der Waals surface area contributed by atoms with E-state index in [2.05, 4.69) is 24.2 Å². The van der Waals surface area contributed by atoms with Crippen molar-refractivity contribution in [2.75, 3.05) is 52.9 Å². The van der Waals surface area contributed by atoms with Gasteiger partial charge in [0.05, 0.1) is 37.9 Å². The SMILES string of the molecule is CCCCCCCCC(=NO)c1ccc2c(c1)OCCOCCOc1cc(C(CCCCCCCC)=NO)ccc1OCCOCCO2. The second kappa shape index (κ2) is 24.6. The van der Waals surface area contributed by atoms with Gasteiger partial charge in [0.25, 0.3) is 0 Å². The van der Waals surface area contributed by atoms with Gasteiger partial charge >= 0.3 is 0 Å². The van der Waals surface area contributed by atoms with E-state index in [4.69, 9.17) is 28.4 Å². The number of rotatable bonds is 16. The van der Waals surface area contributed by atoms with E-state index in [9.17, 15) is 10.4 Å². The van der Waals surface area contributed by atoms with Crippen LogP contribution in [0.25, 0.3) is 0 Å². The molecule has 2 N–H and O–H groups in total. The summed E-state index contributed by atoms with van der Waals surface area (Å²) in [7, 11) is 0. The molecule has 10 nitrogen and oxygen atoms in total. The van der Waals surface area contributed by atoms with Crippen LogP contribution in [0.1, 0.15) is 115 Å². The molecule has 0 atom stereocenters. The number of oxime groups is 2. The van der Waals surface area contributed by atoms with E-state index >= 15 is 0 Å². The summed E-state index contributed by atoms with van der Waals surface area (Å²) in [6.07, 6.45) is 15.4. The molecule has 1 heterocycles. The van der Waals surface area contributed by atoms with Crippen molar-refractivity contribution in [3.05, 3.63) is 47.5 Å². The van der Waals surface area contributed by atoms with Gasteiger partial charge in [0, 0.05) is 11.1 Å². The molecule has 0 bridgehead atoms. The highest BCUT2D eigenvalue weighted by atomic mass is 16.6. The minimum absolute atomic E-state index is 0.304. The van der Waals surface area contributed by atoms with Crippen molar-refractivity contribution in [2.24, 2.45) is 10.3 Å². The Bertz CT molecular complexity index is 1130. The van der Waals surface area contributed by atoms with Crippen molar-refractivity contribution < 1.29 is 38.8 Å². The van der Waals surface area contributed by atoms with E-state index in [-0.39, 0.29) is 0 Å². The Hall–Kier alpha value is -3.50. The zero-order valence-electron chi connectivity index (χ0n) is 29.3. The van der Waals surface area contributed by atoms with Crippen LogP contribution in [-0.4, -0.2) is 74.7 Å². The maximum Gasteiger partial charge on any atom is 0.161 e. The average Bonchev–Trinajstić information content (AvgIpc) is 3.10. The standard InChI is InChI=1S/C38H58N2O8/c1-3-5-7-9-11-13-15-33(39-41)31-17-19-35-37(29-31)47-27-23-44-24-28-48-38-30-32(34(40-42)16-14-12-10-8-6-4-2)18-20-36(38)46-26-22-43-21-25-45-35/h17-20,29-30,41-42H,3-16,21-28H2,1-2H3. The summed E-state index contributed by atoms with van der Waals surface area (Å²) < 4.78 is 35.8. The first kappa shape index (κ1) is 38.9. The van der Waals surface area contributed by atoms with Gasteiger partial charge in [-0.15, -0.1) is 0 Å². The molecule has 268 valence electrons. The van der Waals surface area contributed by atoms with Crippen LogP contribution in [0.4, 0.5) is 0 Å². The predicted molar refractivity (Wildman–Crippen MR) is 189 cm³/mol. The predicted octanol–water partition coefficient (Wildman–Crippen LogP) is 8.81. The second-order valence-corrected chi connectivity index (χ2v) is 12.1. The molecule has 0 radical (unpaired) electrons. The maximum atomic E-state index is 9.75. The van der Waals surface area contributed by atoms with Crippen LogP contribution in [-0.2, 0) is 9.47 Å². The second-order valence-electron chi connectivity index (χ2n) is 12.1. The number of hydrogen-bond donors (Lipinski definition) is 2. The molecule has 1 aliphatic rings. The third-order valence-corrected chi connectivity index (χ3v) is 8.27. The molecule has 0 aliphatic carbocycles. The van der Waals surface area contributed by atoms with E-state index in [0.29, 0.717) is 100 Å². The van der Waals surface area contributed by atoms with Crippen molar-refractivity contribution in [3.8, 4) is 23.0 Å². The number of unbranched alkanes of at least 4 members (excludes halogenated alkanes) is 10. The molecule has 0 saturated carbocycles. The zero-order chi connectivity index (χ0) is 34.1. The molecular formula is C38H58N2O8. The van der Waals surface area contributed by atoms with Crippen LogP contribution >= 0.6 is 0 Å². The first-order chi connectivity index (χ1) is 23.7. The summed E-state index contributed by atoms with van der Waals surface area (Å²) in [6, 6.07) is 11.2. The third kappa shape index (κ3) is 14.7. The minimum Gasteiger partial charge on any atom is -0.487 e. The van der Waals surface area contributed by atoms with Gasteiger partial charge < -0.3 is 38.8 Å².